The zero-order valence-corrected chi connectivity index (χ0v) is 10.4. The van der Waals surface area contributed by atoms with E-state index in [1.165, 1.54) is 10.9 Å². The molecule has 0 N–H and O–H groups in total. The predicted octanol–water partition coefficient (Wildman–Crippen LogP) is 4.12. The highest BCUT2D eigenvalue weighted by molar-refractivity contribution is 6.03. The molecular formula is C15H16N2. The highest BCUT2D eigenvalue weighted by atomic mass is 14.7. The first-order valence-corrected chi connectivity index (χ1v) is 5.95. The van der Waals surface area contributed by atoms with Crippen molar-refractivity contribution >= 4 is 21.8 Å². The zero-order valence-electron chi connectivity index (χ0n) is 10.4. The second-order valence-electron chi connectivity index (χ2n) is 3.72. The molecule has 0 saturated carbocycles. The maximum absolute atomic E-state index is 4.47. The summed E-state index contributed by atoms with van der Waals surface area (Å²) in [5.74, 6) is 0. The molecule has 2 heteroatoms. The van der Waals surface area contributed by atoms with Crippen LogP contribution in [0.1, 0.15) is 19.4 Å². The number of benzene rings is 1. The summed E-state index contributed by atoms with van der Waals surface area (Å²) in [6.07, 6.45) is 3.71. The molecule has 0 atom stereocenters. The fraction of sp³-hybridized carbons (Fsp3) is 0.200. The number of hydrogen-bond acceptors (Lipinski definition) is 2. The minimum absolute atomic E-state index is 1.00. The topological polar surface area (TPSA) is 25.8 Å². The van der Waals surface area contributed by atoms with Gasteiger partial charge >= 0.3 is 0 Å². The van der Waals surface area contributed by atoms with Gasteiger partial charge in [-0.25, -0.2) is 0 Å². The van der Waals surface area contributed by atoms with Crippen LogP contribution in [0.2, 0.25) is 0 Å². The van der Waals surface area contributed by atoms with Gasteiger partial charge in [0.1, 0.15) is 0 Å². The van der Waals surface area contributed by atoms with Gasteiger partial charge < -0.3 is 0 Å². The molecule has 0 saturated heterocycles. The number of rotatable bonds is 0. The van der Waals surface area contributed by atoms with Crippen LogP contribution in [0.3, 0.4) is 0 Å². The average Bonchev–Trinajstić information content (AvgIpc) is 2.40. The maximum Gasteiger partial charge on any atom is 0.0796 e. The first-order valence-electron chi connectivity index (χ1n) is 5.95. The van der Waals surface area contributed by atoms with Crippen molar-refractivity contribution in [3.63, 3.8) is 0 Å². The molecule has 0 unspecified atom stereocenters. The van der Waals surface area contributed by atoms with Crippen molar-refractivity contribution in [3.05, 3.63) is 48.3 Å². The fourth-order valence-corrected chi connectivity index (χ4v) is 1.86. The van der Waals surface area contributed by atoms with E-state index in [1.54, 1.807) is 0 Å². The molecule has 0 spiro atoms. The fourth-order valence-electron chi connectivity index (χ4n) is 1.86. The summed E-state index contributed by atoms with van der Waals surface area (Å²) in [4.78, 5) is 8.78. The predicted molar refractivity (Wildman–Crippen MR) is 73.1 cm³/mol. The van der Waals surface area contributed by atoms with Gasteiger partial charge in [-0.2, -0.15) is 0 Å². The van der Waals surface area contributed by atoms with Crippen LogP contribution in [-0.2, 0) is 0 Å². The molecule has 3 rings (SSSR count). The van der Waals surface area contributed by atoms with E-state index in [0.29, 0.717) is 0 Å². The molecule has 2 heterocycles. The molecular weight excluding hydrogens is 208 g/mol. The lowest BCUT2D eigenvalue weighted by Gasteiger charge is -2.02. The van der Waals surface area contributed by atoms with Crippen LogP contribution in [0.5, 0.6) is 0 Å². The van der Waals surface area contributed by atoms with Crippen molar-refractivity contribution in [2.75, 3.05) is 0 Å². The third kappa shape index (κ3) is 2.11. The van der Waals surface area contributed by atoms with E-state index in [1.807, 2.05) is 38.4 Å². The van der Waals surface area contributed by atoms with Gasteiger partial charge in [-0.05, 0) is 36.8 Å². The van der Waals surface area contributed by atoms with E-state index >= 15 is 0 Å². The van der Waals surface area contributed by atoms with Crippen LogP contribution in [0.15, 0.2) is 42.7 Å². The first-order chi connectivity index (χ1) is 8.34. The highest BCUT2D eigenvalue weighted by Gasteiger charge is 2.01. The molecule has 0 amide bonds. The summed E-state index contributed by atoms with van der Waals surface area (Å²) in [6, 6.07) is 10.3. The normalized spacial score (nSPS) is 10.1. The molecule has 0 aliphatic rings. The molecule has 1 aromatic carbocycles. The molecule has 17 heavy (non-hydrogen) atoms. The Morgan fingerprint density at radius 3 is 2.65 bits per heavy atom. The number of hydrogen-bond donors (Lipinski definition) is 0. The smallest absolute Gasteiger partial charge is 0.0796 e. The van der Waals surface area contributed by atoms with E-state index in [9.17, 15) is 0 Å². The van der Waals surface area contributed by atoms with E-state index in [4.69, 9.17) is 0 Å². The van der Waals surface area contributed by atoms with Crippen LogP contribution in [0.4, 0.5) is 0 Å². The number of aromatic nitrogens is 2. The lowest BCUT2D eigenvalue weighted by molar-refractivity contribution is 1.33. The SMILES string of the molecule is CC.Cc1cnc2c(ccc3ncccc32)c1. The molecule has 2 nitrogen and oxygen atoms in total. The Labute approximate surface area is 101 Å². The number of pyridine rings is 2. The molecule has 0 bridgehead atoms. The van der Waals surface area contributed by atoms with Crippen molar-refractivity contribution in [1.29, 1.82) is 0 Å². The van der Waals surface area contributed by atoms with Crippen molar-refractivity contribution in [3.8, 4) is 0 Å². The van der Waals surface area contributed by atoms with Crippen molar-refractivity contribution in [1.82, 2.24) is 9.97 Å². The van der Waals surface area contributed by atoms with E-state index < -0.39 is 0 Å². The summed E-state index contributed by atoms with van der Waals surface area (Å²) >= 11 is 0. The lowest BCUT2D eigenvalue weighted by atomic mass is 10.1. The standard InChI is InChI=1S/C13H10N2.C2H6/c1-9-7-10-4-5-12-11(3-2-6-14-12)13(10)15-8-9;1-2/h2-8H,1H3;1-2H3. The van der Waals surface area contributed by atoms with Crippen molar-refractivity contribution in [2.45, 2.75) is 20.8 Å². The van der Waals surface area contributed by atoms with E-state index in [-0.39, 0.29) is 0 Å². The van der Waals surface area contributed by atoms with Crippen LogP contribution < -0.4 is 0 Å². The van der Waals surface area contributed by atoms with Crippen LogP contribution >= 0.6 is 0 Å². The van der Waals surface area contributed by atoms with Gasteiger partial charge in [-0.1, -0.05) is 19.9 Å². The Morgan fingerprint density at radius 1 is 1.00 bits per heavy atom. The van der Waals surface area contributed by atoms with Crippen LogP contribution in [0.25, 0.3) is 21.8 Å². The van der Waals surface area contributed by atoms with Crippen molar-refractivity contribution in [2.24, 2.45) is 0 Å². The monoisotopic (exact) mass is 224 g/mol. The van der Waals surface area contributed by atoms with Gasteiger partial charge in [0.2, 0.25) is 0 Å². The summed E-state index contributed by atoms with van der Waals surface area (Å²) < 4.78 is 0. The molecule has 0 radical (unpaired) electrons. The molecule has 3 aromatic rings. The van der Waals surface area contributed by atoms with Gasteiger partial charge in [-0.15, -0.1) is 0 Å². The summed E-state index contributed by atoms with van der Waals surface area (Å²) in [5.41, 5.74) is 3.22. The first kappa shape index (κ1) is 11.5. The van der Waals surface area contributed by atoms with Crippen LogP contribution in [0, 0.1) is 6.92 Å². The third-order valence-corrected chi connectivity index (χ3v) is 2.57. The Hall–Kier alpha value is -1.96. The second-order valence-corrected chi connectivity index (χ2v) is 3.72. The molecule has 2 aromatic heterocycles. The third-order valence-electron chi connectivity index (χ3n) is 2.57. The van der Waals surface area contributed by atoms with E-state index in [0.717, 1.165) is 16.4 Å². The van der Waals surface area contributed by atoms with E-state index in [2.05, 4.69) is 35.1 Å². The van der Waals surface area contributed by atoms with Gasteiger partial charge in [0.25, 0.3) is 0 Å². The van der Waals surface area contributed by atoms with Gasteiger partial charge in [-0.3, -0.25) is 9.97 Å². The quantitative estimate of drug-likeness (QED) is 0.537. The van der Waals surface area contributed by atoms with Crippen molar-refractivity contribution < 1.29 is 0 Å². The number of fused-ring (bicyclic) bond motifs is 3. The maximum atomic E-state index is 4.47. The molecule has 0 fully saturated rings. The highest BCUT2D eigenvalue weighted by Crippen LogP contribution is 2.22. The van der Waals surface area contributed by atoms with Gasteiger partial charge in [0, 0.05) is 23.2 Å². The average molecular weight is 224 g/mol. The second kappa shape index (κ2) is 4.91. The number of aryl methyl sites for hydroxylation is 1. The molecule has 86 valence electrons. The van der Waals surface area contributed by atoms with Crippen LogP contribution in [-0.4, -0.2) is 9.97 Å². The zero-order chi connectivity index (χ0) is 12.3. The Kier molecular flexibility index (Phi) is 3.33. The molecule has 0 aliphatic carbocycles. The van der Waals surface area contributed by atoms with Gasteiger partial charge in [0.05, 0.1) is 11.0 Å². The summed E-state index contributed by atoms with van der Waals surface area (Å²) in [5, 5.41) is 2.30. The largest absolute Gasteiger partial charge is 0.256 e. The summed E-state index contributed by atoms with van der Waals surface area (Å²) in [6.45, 7) is 6.06. The van der Waals surface area contributed by atoms with Gasteiger partial charge in [0.15, 0.2) is 0 Å². The Bertz CT molecular complexity index is 645. The lowest BCUT2D eigenvalue weighted by Crippen LogP contribution is -1.84. The minimum Gasteiger partial charge on any atom is -0.256 e. The molecule has 0 aliphatic heterocycles. The Balaban J connectivity index is 0.000000514. The number of nitrogens with zero attached hydrogens (tertiary/aromatic N) is 2. The summed E-state index contributed by atoms with van der Waals surface area (Å²) in [7, 11) is 0. The Morgan fingerprint density at radius 2 is 1.82 bits per heavy atom. The minimum atomic E-state index is 1.00.